The highest BCUT2D eigenvalue weighted by Crippen LogP contribution is 2.12. The van der Waals surface area contributed by atoms with Gasteiger partial charge < -0.3 is 15.4 Å². The van der Waals surface area contributed by atoms with Crippen molar-refractivity contribution in [1.29, 1.82) is 0 Å². The molecule has 0 bridgehead atoms. The van der Waals surface area contributed by atoms with Crippen LogP contribution in [0, 0.1) is 6.92 Å². The minimum absolute atomic E-state index is 0.0680. The Labute approximate surface area is 190 Å². The first kappa shape index (κ1) is 24.5. The van der Waals surface area contributed by atoms with Crippen LogP contribution in [0.15, 0.2) is 48.5 Å². The highest BCUT2D eigenvalue weighted by atomic mass is 32.1. The topological polar surface area (TPSA) is 126 Å². The number of carbonyl (C=O) groups is 4. The molecule has 2 aromatic carbocycles. The van der Waals surface area contributed by atoms with Gasteiger partial charge in [-0.25, -0.2) is 0 Å². The lowest BCUT2D eigenvalue weighted by Gasteiger charge is -2.11. The van der Waals surface area contributed by atoms with Gasteiger partial charge in [-0.1, -0.05) is 17.7 Å². The lowest BCUT2D eigenvalue weighted by Crippen LogP contribution is -2.48. The van der Waals surface area contributed by atoms with Crippen molar-refractivity contribution >= 4 is 46.7 Å². The number of ether oxygens (including phenoxy) is 1. The fourth-order valence-corrected chi connectivity index (χ4v) is 2.71. The first-order valence-electron chi connectivity index (χ1n) is 9.82. The highest BCUT2D eigenvalue weighted by molar-refractivity contribution is 7.80. The SMILES string of the molecule is CCOC(=O)CCC(=O)NC(=S)NNC(=O)c1ccc(NC(=O)c2cccc(C)c2)cc1. The van der Waals surface area contributed by atoms with Crippen LogP contribution in [0.3, 0.4) is 0 Å². The molecule has 9 nitrogen and oxygen atoms in total. The molecule has 0 spiro atoms. The van der Waals surface area contributed by atoms with E-state index in [-0.39, 0.29) is 30.5 Å². The van der Waals surface area contributed by atoms with Crippen LogP contribution in [0.2, 0.25) is 0 Å². The van der Waals surface area contributed by atoms with Crippen molar-refractivity contribution in [3.63, 3.8) is 0 Å². The lowest BCUT2D eigenvalue weighted by molar-refractivity contribution is -0.144. The average Bonchev–Trinajstić information content (AvgIpc) is 2.77. The summed E-state index contributed by atoms with van der Waals surface area (Å²) in [5, 5.41) is 4.99. The first-order chi connectivity index (χ1) is 15.3. The second-order valence-electron chi connectivity index (χ2n) is 6.66. The van der Waals surface area contributed by atoms with Crippen molar-refractivity contribution in [2.24, 2.45) is 0 Å². The maximum Gasteiger partial charge on any atom is 0.306 e. The van der Waals surface area contributed by atoms with Crippen molar-refractivity contribution in [1.82, 2.24) is 16.2 Å². The first-order valence-corrected chi connectivity index (χ1v) is 10.2. The third-order valence-corrected chi connectivity index (χ3v) is 4.29. The molecule has 2 rings (SSSR count). The van der Waals surface area contributed by atoms with Gasteiger partial charge in [-0.3, -0.25) is 30.0 Å². The zero-order valence-corrected chi connectivity index (χ0v) is 18.5. The number of hydrazine groups is 1. The van der Waals surface area contributed by atoms with E-state index in [1.165, 1.54) is 12.1 Å². The van der Waals surface area contributed by atoms with Crippen molar-refractivity contribution in [2.45, 2.75) is 26.7 Å². The second-order valence-corrected chi connectivity index (χ2v) is 7.07. The molecule has 0 aliphatic rings. The average molecular weight is 457 g/mol. The number of rotatable bonds is 7. The summed E-state index contributed by atoms with van der Waals surface area (Å²) in [5.74, 6) is -1.71. The number of hydrogen-bond acceptors (Lipinski definition) is 6. The molecule has 4 N–H and O–H groups in total. The largest absolute Gasteiger partial charge is 0.466 e. The van der Waals surface area contributed by atoms with E-state index in [1.54, 1.807) is 37.3 Å². The Morgan fingerprint density at radius 1 is 0.906 bits per heavy atom. The number of benzene rings is 2. The van der Waals surface area contributed by atoms with Crippen molar-refractivity contribution in [3.05, 3.63) is 65.2 Å². The van der Waals surface area contributed by atoms with Crippen LogP contribution in [-0.2, 0) is 14.3 Å². The summed E-state index contributed by atoms with van der Waals surface area (Å²) in [7, 11) is 0. The minimum atomic E-state index is -0.496. The van der Waals surface area contributed by atoms with Gasteiger partial charge in [0.15, 0.2) is 5.11 Å². The highest BCUT2D eigenvalue weighted by Gasteiger charge is 2.11. The van der Waals surface area contributed by atoms with Crippen LogP contribution < -0.4 is 21.5 Å². The molecule has 0 unspecified atom stereocenters. The maximum absolute atomic E-state index is 12.3. The fourth-order valence-electron chi connectivity index (χ4n) is 2.55. The summed E-state index contributed by atoms with van der Waals surface area (Å²) in [6, 6.07) is 13.5. The van der Waals surface area contributed by atoms with Crippen LogP contribution in [0.25, 0.3) is 0 Å². The zero-order valence-electron chi connectivity index (χ0n) is 17.7. The number of nitrogens with one attached hydrogen (secondary N) is 4. The van der Waals surface area contributed by atoms with Crippen LogP contribution in [0.4, 0.5) is 5.69 Å². The van der Waals surface area contributed by atoms with Crippen molar-refractivity contribution in [3.8, 4) is 0 Å². The zero-order chi connectivity index (χ0) is 23.5. The van der Waals surface area contributed by atoms with E-state index in [0.29, 0.717) is 16.8 Å². The molecule has 0 aromatic heterocycles. The van der Waals surface area contributed by atoms with E-state index in [0.717, 1.165) is 5.56 Å². The van der Waals surface area contributed by atoms with Gasteiger partial charge in [-0.15, -0.1) is 0 Å². The summed E-state index contributed by atoms with van der Waals surface area (Å²) in [6.07, 6.45) is -0.161. The number of anilines is 1. The maximum atomic E-state index is 12.3. The van der Waals surface area contributed by atoms with Crippen LogP contribution in [0.5, 0.6) is 0 Å². The normalized spacial score (nSPS) is 9.94. The Kier molecular flexibility index (Phi) is 9.30. The van der Waals surface area contributed by atoms with Gasteiger partial charge in [0, 0.05) is 23.2 Å². The Morgan fingerprint density at radius 2 is 1.62 bits per heavy atom. The summed E-state index contributed by atoms with van der Waals surface area (Å²) in [5.41, 5.74) is 7.12. The van der Waals surface area contributed by atoms with Gasteiger partial charge in [0.25, 0.3) is 11.8 Å². The van der Waals surface area contributed by atoms with Gasteiger partial charge in [-0.05, 0) is 62.5 Å². The van der Waals surface area contributed by atoms with Gasteiger partial charge in [0.2, 0.25) is 5.91 Å². The summed E-state index contributed by atoms with van der Waals surface area (Å²) in [4.78, 5) is 47.5. The van der Waals surface area contributed by atoms with E-state index >= 15 is 0 Å². The Balaban J connectivity index is 1.78. The second kappa shape index (κ2) is 12.2. The molecule has 3 amide bonds. The van der Waals surface area contributed by atoms with E-state index in [1.807, 2.05) is 13.0 Å². The molecule has 0 saturated carbocycles. The minimum Gasteiger partial charge on any atom is -0.466 e. The standard InChI is InChI=1S/C22H24N4O5S/c1-3-31-19(28)12-11-18(27)24-22(32)26-25-21(30)15-7-9-17(10-8-15)23-20(29)16-6-4-5-14(2)13-16/h4-10,13H,3,11-12H2,1-2H3,(H,23,29)(H,25,30)(H2,24,26,27,32). The number of amides is 3. The van der Waals surface area contributed by atoms with Gasteiger partial charge in [0.1, 0.15) is 0 Å². The number of thiocarbonyl (C=S) groups is 1. The molecule has 32 heavy (non-hydrogen) atoms. The third-order valence-electron chi connectivity index (χ3n) is 4.09. The predicted octanol–water partition coefficient (Wildman–Crippen LogP) is 2.23. The van der Waals surface area contributed by atoms with Gasteiger partial charge in [-0.2, -0.15) is 0 Å². The van der Waals surface area contributed by atoms with E-state index in [2.05, 4.69) is 21.5 Å². The summed E-state index contributed by atoms with van der Waals surface area (Å²) >= 11 is 4.93. The quantitative estimate of drug-likeness (QED) is 0.286. The van der Waals surface area contributed by atoms with E-state index < -0.39 is 17.8 Å². The van der Waals surface area contributed by atoms with E-state index in [9.17, 15) is 19.2 Å². The van der Waals surface area contributed by atoms with Crippen molar-refractivity contribution in [2.75, 3.05) is 11.9 Å². The number of aryl methyl sites for hydroxylation is 1. The molecule has 0 atom stereocenters. The van der Waals surface area contributed by atoms with Gasteiger partial charge >= 0.3 is 5.97 Å². The van der Waals surface area contributed by atoms with Crippen LogP contribution in [-0.4, -0.2) is 35.4 Å². The molecule has 0 fully saturated rings. The molecule has 0 aliphatic heterocycles. The smallest absolute Gasteiger partial charge is 0.306 e. The number of hydrogen-bond donors (Lipinski definition) is 4. The molecule has 0 heterocycles. The van der Waals surface area contributed by atoms with Crippen LogP contribution >= 0.6 is 12.2 Å². The monoisotopic (exact) mass is 456 g/mol. The molecular formula is C22H24N4O5S. The Bertz CT molecular complexity index is 1010. The molecule has 168 valence electrons. The molecule has 0 aliphatic carbocycles. The number of carbonyl (C=O) groups excluding carboxylic acids is 4. The van der Waals surface area contributed by atoms with Crippen LogP contribution in [0.1, 0.15) is 46.0 Å². The Hall–Kier alpha value is -3.79. The Morgan fingerprint density at radius 3 is 2.28 bits per heavy atom. The fraction of sp³-hybridized carbons (Fsp3) is 0.227. The number of esters is 1. The molecule has 0 radical (unpaired) electrons. The van der Waals surface area contributed by atoms with Crippen molar-refractivity contribution < 1.29 is 23.9 Å². The van der Waals surface area contributed by atoms with Gasteiger partial charge in [0.05, 0.1) is 13.0 Å². The molecule has 0 saturated heterocycles. The lowest BCUT2D eigenvalue weighted by atomic mass is 10.1. The third kappa shape index (κ3) is 8.15. The predicted molar refractivity (Wildman–Crippen MR) is 123 cm³/mol. The molecular weight excluding hydrogens is 432 g/mol. The summed E-state index contributed by atoms with van der Waals surface area (Å²) < 4.78 is 4.73. The molecule has 10 heteroatoms. The summed E-state index contributed by atoms with van der Waals surface area (Å²) in [6.45, 7) is 3.82. The molecule has 2 aromatic rings. The van der Waals surface area contributed by atoms with E-state index in [4.69, 9.17) is 17.0 Å².